The summed E-state index contributed by atoms with van der Waals surface area (Å²) in [6, 6.07) is 0. The standard InChI is InChI=1S/C15H23N3O4S/c1-4-18(9-13-16-14(22-17-13)7-11(2)3)15(19)8-12-5-6-23(20,21)10-12/h5-6,11-12H,4,7-10H2,1-3H3/t12-/m0/s1. The normalized spacial score (nSPS) is 19.4. The molecular weight excluding hydrogens is 318 g/mol. The average Bonchev–Trinajstić information content (AvgIpc) is 3.01. The van der Waals surface area contributed by atoms with Crippen molar-refractivity contribution in [3.05, 3.63) is 23.2 Å². The van der Waals surface area contributed by atoms with Crippen molar-refractivity contribution < 1.29 is 17.7 Å². The molecule has 1 aromatic heterocycles. The predicted molar refractivity (Wildman–Crippen MR) is 85.0 cm³/mol. The SMILES string of the molecule is CCN(Cc1noc(CC(C)C)n1)C(=O)C[C@@H]1C=CS(=O)(=O)C1. The molecule has 0 spiro atoms. The first-order chi connectivity index (χ1) is 10.8. The van der Waals surface area contributed by atoms with Crippen LogP contribution in [0.2, 0.25) is 0 Å². The summed E-state index contributed by atoms with van der Waals surface area (Å²) >= 11 is 0. The summed E-state index contributed by atoms with van der Waals surface area (Å²) in [4.78, 5) is 18.2. The van der Waals surface area contributed by atoms with Gasteiger partial charge in [0, 0.05) is 30.7 Å². The minimum absolute atomic E-state index is 0.0110. The highest BCUT2D eigenvalue weighted by Crippen LogP contribution is 2.19. The Morgan fingerprint density at radius 3 is 2.78 bits per heavy atom. The quantitative estimate of drug-likeness (QED) is 0.747. The molecule has 0 aliphatic carbocycles. The zero-order chi connectivity index (χ0) is 17.0. The maximum Gasteiger partial charge on any atom is 0.226 e. The first kappa shape index (κ1) is 17.7. The van der Waals surface area contributed by atoms with Gasteiger partial charge in [0.05, 0.1) is 12.3 Å². The summed E-state index contributed by atoms with van der Waals surface area (Å²) in [5, 5.41) is 5.10. The van der Waals surface area contributed by atoms with Gasteiger partial charge in [-0.1, -0.05) is 25.1 Å². The van der Waals surface area contributed by atoms with Gasteiger partial charge in [-0.15, -0.1) is 0 Å². The highest BCUT2D eigenvalue weighted by atomic mass is 32.2. The molecule has 0 aromatic carbocycles. The first-order valence-corrected chi connectivity index (χ1v) is 9.50. The van der Waals surface area contributed by atoms with E-state index in [1.165, 1.54) is 5.41 Å². The third-order valence-electron chi connectivity index (χ3n) is 3.60. The van der Waals surface area contributed by atoms with E-state index in [0.29, 0.717) is 30.6 Å². The van der Waals surface area contributed by atoms with Crippen LogP contribution in [0.1, 0.15) is 38.9 Å². The summed E-state index contributed by atoms with van der Waals surface area (Å²) < 4.78 is 28.0. The fourth-order valence-corrected chi connectivity index (χ4v) is 3.85. The van der Waals surface area contributed by atoms with E-state index >= 15 is 0 Å². The minimum atomic E-state index is -3.13. The van der Waals surface area contributed by atoms with Crippen LogP contribution in [0.4, 0.5) is 0 Å². The molecule has 0 radical (unpaired) electrons. The Labute approximate surface area is 136 Å². The summed E-state index contributed by atoms with van der Waals surface area (Å²) in [6.45, 7) is 6.79. The Morgan fingerprint density at radius 1 is 1.48 bits per heavy atom. The van der Waals surface area contributed by atoms with Crippen LogP contribution in [-0.2, 0) is 27.6 Å². The molecule has 0 fully saturated rings. The van der Waals surface area contributed by atoms with Crippen LogP contribution in [0.15, 0.2) is 16.0 Å². The highest BCUT2D eigenvalue weighted by molar-refractivity contribution is 7.94. The van der Waals surface area contributed by atoms with Crippen molar-refractivity contribution in [3.8, 4) is 0 Å². The largest absolute Gasteiger partial charge is 0.339 e. The van der Waals surface area contributed by atoms with E-state index in [1.54, 1.807) is 11.0 Å². The molecule has 1 amide bonds. The van der Waals surface area contributed by atoms with Crippen molar-refractivity contribution in [2.24, 2.45) is 11.8 Å². The monoisotopic (exact) mass is 341 g/mol. The maximum atomic E-state index is 12.3. The van der Waals surface area contributed by atoms with Gasteiger partial charge in [0.1, 0.15) is 0 Å². The fourth-order valence-electron chi connectivity index (χ4n) is 2.45. The van der Waals surface area contributed by atoms with E-state index in [-0.39, 0.29) is 30.5 Å². The number of carbonyl (C=O) groups excluding carboxylic acids is 1. The molecule has 1 aromatic rings. The lowest BCUT2D eigenvalue weighted by atomic mass is 10.1. The molecule has 7 nitrogen and oxygen atoms in total. The molecule has 23 heavy (non-hydrogen) atoms. The first-order valence-electron chi connectivity index (χ1n) is 7.79. The van der Waals surface area contributed by atoms with Gasteiger partial charge in [0.15, 0.2) is 15.7 Å². The van der Waals surface area contributed by atoms with Crippen LogP contribution in [-0.4, -0.2) is 41.7 Å². The maximum absolute atomic E-state index is 12.3. The molecule has 0 saturated heterocycles. The van der Waals surface area contributed by atoms with E-state index in [1.807, 2.05) is 6.92 Å². The van der Waals surface area contributed by atoms with Gasteiger partial charge in [-0.2, -0.15) is 4.98 Å². The Balaban J connectivity index is 1.93. The molecule has 8 heteroatoms. The van der Waals surface area contributed by atoms with Gasteiger partial charge in [-0.3, -0.25) is 4.79 Å². The van der Waals surface area contributed by atoms with Gasteiger partial charge in [-0.25, -0.2) is 8.42 Å². The second kappa shape index (κ2) is 7.25. The molecule has 1 atom stereocenters. The zero-order valence-electron chi connectivity index (χ0n) is 13.7. The molecule has 0 bridgehead atoms. The van der Waals surface area contributed by atoms with E-state index < -0.39 is 9.84 Å². The van der Waals surface area contributed by atoms with E-state index in [0.717, 1.165) is 0 Å². The van der Waals surface area contributed by atoms with Crippen LogP contribution in [0.5, 0.6) is 0 Å². The molecule has 1 aliphatic rings. The number of carbonyl (C=O) groups is 1. The molecule has 1 aliphatic heterocycles. The summed E-state index contributed by atoms with van der Waals surface area (Å²) in [6.07, 6.45) is 2.48. The molecule has 0 N–H and O–H groups in total. The number of aromatic nitrogens is 2. The molecule has 2 rings (SSSR count). The molecule has 2 heterocycles. The summed E-state index contributed by atoms with van der Waals surface area (Å²) in [5.41, 5.74) is 0. The fraction of sp³-hybridized carbons (Fsp3) is 0.667. The third kappa shape index (κ3) is 5.16. The Bertz CT molecular complexity index is 679. The molecule has 0 unspecified atom stereocenters. The van der Waals surface area contributed by atoms with Crippen molar-refractivity contribution >= 4 is 15.7 Å². The predicted octanol–water partition coefficient (Wildman–Crippen LogP) is 1.57. The second-order valence-corrected chi connectivity index (χ2v) is 8.16. The number of nitrogens with zero attached hydrogens (tertiary/aromatic N) is 3. The van der Waals surface area contributed by atoms with Crippen LogP contribution in [0.25, 0.3) is 0 Å². The van der Waals surface area contributed by atoms with Crippen molar-refractivity contribution in [1.29, 1.82) is 0 Å². The van der Waals surface area contributed by atoms with Gasteiger partial charge in [-0.05, 0) is 12.8 Å². The van der Waals surface area contributed by atoms with Crippen molar-refractivity contribution in [2.45, 2.75) is 40.2 Å². The topological polar surface area (TPSA) is 93.4 Å². The van der Waals surface area contributed by atoms with Crippen molar-refractivity contribution in [2.75, 3.05) is 12.3 Å². The summed E-state index contributed by atoms with van der Waals surface area (Å²) in [7, 11) is -3.13. The van der Waals surface area contributed by atoms with Crippen LogP contribution < -0.4 is 0 Å². The Hall–Kier alpha value is -1.70. The lowest BCUT2D eigenvalue weighted by Gasteiger charge is -2.20. The minimum Gasteiger partial charge on any atom is -0.339 e. The van der Waals surface area contributed by atoms with Crippen LogP contribution in [0.3, 0.4) is 0 Å². The lowest BCUT2D eigenvalue weighted by molar-refractivity contribution is -0.132. The second-order valence-electron chi connectivity index (χ2n) is 6.23. The average molecular weight is 341 g/mol. The smallest absolute Gasteiger partial charge is 0.226 e. The van der Waals surface area contributed by atoms with Crippen molar-refractivity contribution in [3.63, 3.8) is 0 Å². The highest BCUT2D eigenvalue weighted by Gasteiger charge is 2.26. The number of amides is 1. The van der Waals surface area contributed by atoms with Gasteiger partial charge in [0.25, 0.3) is 0 Å². The van der Waals surface area contributed by atoms with E-state index in [4.69, 9.17) is 4.52 Å². The Kier molecular flexibility index (Phi) is 5.56. The summed E-state index contributed by atoms with van der Waals surface area (Å²) in [5.74, 6) is 1.13. The number of sulfone groups is 1. The van der Waals surface area contributed by atoms with Gasteiger partial charge >= 0.3 is 0 Å². The Morgan fingerprint density at radius 2 is 2.22 bits per heavy atom. The van der Waals surface area contributed by atoms with Crippen LogP contribution >= 0.6 is 0 Å². The zero-order valence-corrected chi connectivity index (χ0v) is 14.5. The number of hydrogen-bond acceptors (Lipinski definition) is 6. The molecular formula is C15H23N3O4S. The van der Waals surface area contributed by atoms with E-state index in [9.17, 15) is 13.2 Å². The van der Waals surface area contributed by atoms with Crippen molar-refractivity contribution in [1.82, 2.24) is 15.0 Å². The number of rotatable bonds is 7. The molecule has 128 valence electrons. The number of allylic oxidation sites excluding steroid dienone is 1. The van der Waals surface area contributed by atoms with Gasteiger partial charge < -0.3 is 9.42 Å². The molecule has 0 saturated carbocycles. The van der Waals surface area contributed by atoms with E-state index in [2.05, 4.69) is 24.0 Å². The lowest BCUT2D eigenvalue weighted by Crippen LogP contribution is -2.32. The third-order valence-corrected chi connectivity index (χ3v) is 5.07. The van der Waals surface area contributed by atoms with Crippen LogP contribution in [0, 0.1) is 11.8 Å². The number of hydrogen-bond donors (Lipinski definition) is 0. The van der Waals surface area contributed by atoms with Gasteiger partial charge in [0.2, 0.25) is 11.8 Å².